The van der Waals surface area contributed by atoms with Gasteiger partial charge in [0, 0.05) is 6.07 Å². The molecule has 2 aromatic carbocycles. The van der Waals surface area contributed by atoms with Gasteiger partial charge in [0.05, 0.1) is 18.0 Å². The highest BCUT2D eigenvalue weighted by Crippen LogP contribution is 2.27. The Morgan fingerprint density at radius 2 is 1.76 bits per heavy atom. The minimum atomic E-state index is -1.53. The van der Waals surface area contributed by atoms with Gasteiger partial charge in [0.25, 0.3) is 5.69 Å². The lowest BCUT2D eigenvalue weighted by Crippen LogP contribution is -2.47. The van der Waals surface area contributed by atoms with Gasteiger partial charge in [0.1, 0.15) is 16.7 Å². The Hall–Kier alpha value is -4.17. The molecule has 0 aliphatic rings. The van der Waals surface area contributed by atoms with E-state index in [2.05, 4.69) is 10.0 Å². The number of amides is 2. The molecule has 2 rings (SSSR count). The van der Waals surface area contributed by atoms with Crippen LogP contribution in [0.4, 0.5) is 10.5 Å². The molecule has 2 atom stereocenters. The maximum absolute atomic E-state index is 13.1. The molecule has 0 aliphatic heterocycles. The molecule has 0 aliphatic carbocycles. The standard InChI is InChI=1S/C23H26N4O9S/c1-13(2)12-35-23(32)36-22(31)20(14-7-9-15(28)10-8-14)25-21(30)16(11-19(24)29)26-37-18-6-4-3-5-17(18)27(33)34/h3-10,13,16,20,26,28H,11-12H2,1-2H3,(H2,24,29)(H,25,30)/t16-,20-/m1/s1. The number of hydrogen-bond acceptors (Lipinski definition) is 11. The fraction of sp³-hybridized carbons (Fsp3) is 0.304. The predicted octanol–water partition coefficient (Wildman–Crippen LogP) is 2.33. The molecule has 198 valence electrons. The molecular weight excluding hydrogens is 508 g/mol. The van der Waals surface area contributed by atoms with Crippen LogP contribution in [0.5, 0.6) is 5.75 Å². The van der Waals surface area contributed by atoms with Gasteiger partial charge in [-0.15, -0.1) is 0 Å². The zero-order valence-electron chi connectivity index (χ0n) is 19.9. The number of aromatic hydroxyl groups is 1. The highest BCUT2D eigenvalue weighted by molar-refractivity contribution is 7.97. The van der Waals surface area contributed by atoms with E-state index in [1.54, 1.807) is 19.9 Å². The maximum atomic E-state index is 13.1. The Bertz CT molecular complexity index is 1140. The van der Waals surface area contributed by atoms with E-state index in [-0.39, 0.29) is 34.4 Å². The Morgan fingerprint density at radius 1 is 1.11 bits per heavy atom. The molecule has 0 radical (unpaired) electrons. The van der Waals surface area contributed by atoms with Crippen LogP contribution in [0, 0.1) is 16.0 Å². The molecule has 13 nitrogen and oxygen atoms in total. The van der Waals surface area contributed by atoms with Gasteiger partial charge in [-0.1, -0.05) is 38.1 Å². The van der Waals surface area contributed by atoms with Crippen LogP contribution in [0.3, 0.4) is 0 Å². The lowest BCUT2D eigenvalue weighted by molar-refractivity contribution is -0.387. The summed E-state index contributed by atoms with van der Waals surface area (Å²) >= 11 is 0.723. The number of benzene rings is 2. The highest BCUT2D eigenvalue weighted by Gasteiger charge is 2.31. The summed E-state index contributed by atoms with van der Waals surface area (Å²) in [5.41, 5.74) is 5.18. The summed E-state index contributed by atoms with van der Waals surface area (Å²) in [5.74, 6) is -3.08. The predicted molar refractivity (Wildman–Crippen MR) is 131 cm³/mol. The normalized spacial score (nSPS) is 12.3. The fourth-order valence-electron chi connectivity index (χ4n) is 2.81. The van der Waals surface area contributed by atoms with Crippen molar-refractivity contribution in [2.75, 3.05) is 6.61 Å². The summed E-state index contributed by atoms with van der Waals surface area (Å²) in [6, 6.07) is 8.00. The van der Waals surface area contributed by atoms with Crippen molar-refractivity contribution in [1.82, 2.24) is 10.0 Å². The number of phenols is 1. The molecule has 0 spiro atoms. The third kappa shape index (κ3) is 9.42. The van der Waals surface area contributed by atoms with Crippen LogP contribution in [0.1, 0.15) is 31.9 Å². The van der Waals surface area contributed by atoms with Gasteiger partial charge in [0.15, 0.2) is 6.04 Å². The van der Waals surface area contributed by atoms with Gasteiger partial charge in [0.2, 0.25) is 11.8 Å². The van der Waals surface area contributed by atoms with Crippen molar-refractivity contribution in [2.24, 2.45) is 11.7 Å². The van der Waals surface area contributed by atoms with Gasteiger partial charge in [-0.3, -0.25) is 19.7 Å². The van der Waals surface area contributed by atoms with E-state index in [4.69, 9.17) is 15.2 Å². The number of esters is 1. The fourth-order valence-corrected chi connectivity index (χ4v) is 3.66. The molecule has 0 bridgehead atoms. The van der Waals surface area contributed by atoms with Crippen LogP contribution >= 0.6 is 11.9 Å². The van der Waals surface area contributed by atoms with Gasteiger partial charge in [-0.2, -0.15) is 0 Å². The number of para-hydroxylation sites is 1. The van der Waals surface area contributed by atoms with Crippen molar-refractivity contribution in [2.45, 2.75) is 37.2 Å². The number of nitro benzene ring substituents is 1. The zero-order chi connectivity index (χ0) is 27.5. The van der Waals surface area contributed by atoms with Gasteiger partial charge >= 0.3 is 12.1 Å². The summed E-state index contributed by atoms with van der Waals surface area (Å²) in [7, 11) is 0. The number of rotatable bonds is 12. The summed E-state index contributed by atoms with van der Waals surface area (Å²) in [4.78, 5) is 60.2. The van der Waals surface area contributed by atoms with E-state index in [0.29, 0.717) is 0 Å². The third-order valence-corrected chi connectivity index (χ3v) is 5.53. The van der Waals surface area contributed by atoms with Crippen LogP contribution in [-0.4, -0.2) is 46.6 Å². The molecule has 0 saturated carbocycles. The number of primary amides is 1. The molecule has 37 heavy (non-hydrogen) atoms. The van der Waals surface area contributed by atoms with Gasteiger partial charge < -0.3 is 25.6 Å². The molecule has 0 heterocycles. The maximum Gasteiger partial charge on any atom is 0.516 e. The molecule has 2 amide bonds. The average molecular weight is 535 g/mol. The second-order valence-corrected chi connectivity index (χ2v) is 8.96. The molecule has 14 heteroatoms. The SMILES string of the molecule is CC(C)COC(=O)OC(=O)[C@H](NC(=O)[C@@H](CC(N)=O)NSc1ccccc1[N+](=O)[O-])c1ccc(O)cc1. The molecule has 0 saturated heterocycles. The molecular formula is C23H26N4O9S. The van der Waals surface area contributed by atoms with E-state index in [0.717, 1.165) is 11.9 Å². The first-order valence-electron chi connectivity index (χ1n) is 10.9. The van der Waals surface area contributed by atoms with Crippen molar-refractivity contribution in [3.63, 3.8) is 0 Å². The van der Waals surface area contributed by atoms with E-state index < -0.39 is 47.4 Å². The quantitative estimate of drug-likeness (QED) is 0.102. The second kappa shape index (κ2) is 13.8. The number of carbonyl (C=O) groups is 4. The average Bonchev–Trinajstić information content (AvgIpc) is 2.84. The number of carbonyl (C=O) groups excluding carboxylic acids is 4. The zero-order valence-corrected chi connectivity index (χ0v) is 20.7. The number of ether oxygens (including phenoxy) is 2. The largest absolute Gasteiger partial charge is 0.516 e. The summed E-state index contributed by atoms with van der Waals surface area (Å²) in [6.45, 7) is 3.56. The second-order valence-electron chi connectivity index (χ2n) is 8.08. The van der Waals surface area contributed by atoms with Crippen LogP contribution in [-0.2, 0) is 23.9 Å². The number of nitrogens with zero attached hydrogens (tertiary/aromatic N) is 1. The summed E-state index contributed by atoms with van der Waals surface area (Å²) in [6.07, 6.45) is -1.79. The number of phenolic OH excluding ortho intramolecular Hbond substituents is 1. The highest BCUT2D eigenvalue weighted by atomic mass is 32.2. The van der Waals surface area contributed by atoms with E-state index >= 15 is 0 Å². The van der Waals surface area contributed by atoms with Crippen LogP contribution < -0.4 is 15.8 Å². The Balaban J connectivity index is 2.24. The van der Waals surface area contributed by atoms with Gasteiger partial charge in [-0.05, 0) is 41.6 Å². The molecule has 0 aromatic heterocycles. The van der Waals surface area contributed by atoms with Crippen molar-refractivity contribution >= 4 is 41.6 Å². The summed E-state index contributed by atoms with van der Waals surface area (Å²) in [5, 5.41) is 23.2. The smallest absolute Gasteiger partial charge is 0.508 e. The third-order valence-electron chi connectivity index (χ3n) is 4.56. The van der Waals surface area contributed by atoms with Crippen molar-refractivity contribution in [3.8, 4) is 5.75 Å². The minimum absolute atomic E-state index is 0.00417. The van der Waals surface area contributed by atoms with Crippen molar-refractivity contribution < 1.29 is 38.7 Å². The number of nitrogens with two attached hydrogens (primary N) is 1. The number of nitro groups is 1. The van der Waals surface area contributed by atoms with Crippen LogP contribution in [0.25, 0.3) is 0 Å². The molecule has 2 aromatic rings. The Labute approximate surface area is 216 Å². The number of hydrogen-bond donors (Lipinski definition) is 4. The van der Waals surface area contributed by atoms with Crippen molar-refractivity contribution in [1.29, 1.82) is 0 Å². The monoisotopic (exact) mass is 534 g/mol. The van der Waals surface area contributed by atoms with E-state index in [1.165, 1.54) is 42.5 Å². The lowest BCUT2D eigenvalue weighted by Gasteiger charge is -2.22. The first kappa shape index (κ1) is 29.1. The molecule has 0 unspecified atom stereocenters. The van der Waals surface area contributed by atoms with Gasteiger partial charge in [-0.25, -0.2) is 14.3 Å². The Kier molecular flexibility index (Phi) is 10.8. The topological polar surface area (TPSA) is 200 Å². The number of nitrogens with one attached hydrogen (secondary N) is 2. The Morgan fingerprint density at radius 3 is 2.35 bits per heavy atom. The van der Waals surface area contributed by atoms with E-state index in [9.17, 15) is 34.4 Å². The minimum Gasteiger partial charge on any atom is -0.508 e. The first-order valence-corrected chi connectivity index (χ1v) is 11.7. The summed E-state index contributed by atoms with van der Waals surface area (Å²) < 4.78 is 12.2. The molecule has 5 N–H and O–H groups in total. The first-order chi connectivity index (χ1) is 17.5. The van der Waals surface area contributed by atoms with Crippen LogP contribution in [0.15, 0.2) is 53.4 Å². The van der Waals surface area contributed by atoms with E-state index in [1.807, 2.05) is 0 Å². The molecule has 0 fully saturated rings. The van der Waals surface area contributed by atoms with Crippen molar-refractivity contribution in [3.05, 3.63) is 64.2 Å². The lowest BCUT2D eigenvalue weighted by atomic mass is 10.1. The van der Waals surface area contributed by atoms with Crippen LogP contribution in [0.2, 0.25) is 0 Å².